The second kappa shape index (κ2) is 12.1. The van der Waals surface area contributed by atoms with Crippen molar-refractivity contribution in [2.24, 2.45) is 11.8 Å². The molecule has 1 aliphatic heterocycles. The maximum atomic E-state index is 11.6. The third-order valence-electron chi connectivity index (χ3n) is 7.06. The second-order valence-electron chi connectivity index (χ2n) is 9.33. The van der Waals surface area contributed by atoms with Crippen LogP contribution in [-0.2, 0) is 22.4 Å². The SMILES string of the molecule is CCCCc1ccc(C[C@H]2CO[C@H](c3ccc(OC)c(OC)c3)[C@@H]2CC(C)=C(C)C(=O)O)cc1. The first-order chi connectivity index (χ1) is 16.4. The normalized spacial score (nSPS) is 20.7. The molecule has 1 fully saturated rings. The first kappa shape index (κ1) is 25.8. The fourth-order valence-electron chi connectivity index (χ4n) is 4.79. The van der Waals surface area contributed by atoms with Crippen LogP contribution in [0.15, 0.2) is 53.6 Å². The molecular weight excluding hydrogens is 428 g/mol. The minimum Gasteiger partial charge on any atom is -0.493 e. The van der Waals surface area contributed by atoms with Crippen LogP contribution in [0.1, 0.15) is 62.8 Å². The third kappa shape index (κ3) is 6.20. The van der Waals surface area contributed by atoms with E-state index in [1.807, 2.05) is 25.1 Å². The number of ether oxygens (including phenoxy) is 3. The summed E-state index contributed by atoms with van der Waals surface area (Å²) in [5, 5.41) is 9.50. The van der Waals surface area contributed by atoms with E-state index in [1.54, 1.807) is 21.1 Å². The smallest absolute Gasteiger partial charge is 0.331 e. The third-order valence-corrected chi connectivity index (χ3v) is 7.06. The van der Waals surface area contributed by atoms with Crippen molar-refractivity contribution in [2.45, 2.75) is 59.0 Å². The minimum absolute atomic E-state index is 0.134. The standard InChI is InChI=1S/C29H38O5/c1-6-7-8-21-9-11-22(12-10-21)16-24-18-34-28(25(24)15-19(2)20(3)29(30)31)23-13-14-26(32-4)27(17-23)33-5/h9-14,17,24-25,28H,6-8,15-16,18H2,1-5H3,(H,30,31)/t24-,25+,28+/m0/s1. The average Bonchev–Trinajstić information content (AvgIpc) is 3.24. The summed E-state index contributed by atoms with van der Waals surface area (Å²) in [4.78, 5) is 11.6. The van der Waals surface area contributed by atoms with Crippen molar-refractivity contribution in [3.63, 3.8) is 0 Å². The molecule has 0 bridgehead atoms. The Balaban J connectivity index is 1.87. The molecule has 0 amide bonds. The lowest BCUT2D eigenvalue weighted by Crippen LogP contribution is -2.19. The van der Waals surface area contributed by atoms with E-state index in [0.29, 0.717) is 30.1 Å². The molecule has 1 heterocycles. The van der Waals surface area contributed by atoms with Gasteiger partial charge in [-0.15, -0.1) is 0 Å². The molecule has 3 rings (SSSR count). The Morgan fingerprint density at radius 3 is 2.32 bits per heavy atom. The molecule has 34 heavy (non-hydrogen) atoms. The molecule has 184 valence electrons. The Bertz CT molecular complexity index is 992. The highest BCUT2D eigenvalue weighted by Gasteiger charge is 2.38. The van der Waals surface area contributed by atoms with E-state index in [9.17, 15) is 9.90 Å². The van der Waals surface area contributed by atoms with Gasteiger partial charge in [-0.1, -0.05) is 49.2 Å². The van der Waals surface area contributed by atoms with Crippen LogP contribution in [0.2, 0.25) is 0 Å². The van der Waals surface area contributed by atoms with Gasteiger partial charge in [-0.3, -0.25) is 0 Å². The number of carbonyl (C=O) groups is 1. The fraction of sp³-hybridized carbons (Fsp3) is 0.483. The number of benzene rings is 2. The number of allylic oxidation sites excluding steroid dienone is 1. The van der Waals surface area contributed by atoms with Crippen LogP contribution < -0.4 is 9.47 Å². The highest BCUT2D eigenvalue weighted by atomic mass is 16.5. The molecule has 5 nitrogen and oxygen atoms in total. The molecule has 0 unspecified atom stereocenters. The molecule has 0 saturated carbocycles. The van der Waals surface area contributed by atoms with Crippen molar-refractivity contribution in [1.29, 1.82) is 0 Å². The van der Waals surface area contributed by atoms with Crippen LogP contribution in [-0.4, -0.2) is 31.9 Å². The van der Waals surface area contributed by atoms with Gasteiger partial charge in [-0.25, -0.2) is 4.79 Å². The van der Waals surface area contributed by atoms with Crippen molar-refractivity contribution >= 4 is 5.97 Å². The van der Waals surface area contributed by atoms with E-state index >= 15 is 0 Å². The summed E-state index contributed by atoms with van der Waals surface area (Å²) in [6.45, 7) is 6.46. The molecule has 2 aromatic rings. The second-order valence-corrected chi connectivity index (χ2v) is 9.33. The van der Waals surface area contributed by atoms with E-state index in [2.05, 4.69) is 31.2 Å². The van der Waals surface area contributed by atoms with Gasteiger partial charge in [0.1, 0.15) is 0 Å². The molecular formula is C29H38O5. The quantitative estimate of drug-likeness (QED) is 0.388. The lowest BCUT2D eigenvalue weighted by Gasteiger charge is -2.25. The van der Waals surface area contributed by atoms with Crippen molar-refractivity contribution in [1.82, 2.24) is 0 Å². The van der Waals surface area contributed by atoms with Gasteiger partial charge in [0.2, 0.25) is 0 Å². The predicted molar refractivity (Wildman–Crippen MR) is 135 cm³/mol. The predicted octanol–water partition coefficient (Wildman–Crippen LogP) is 6.40. The van der Waals surface area contributed by atoms with Gasteiger partial charge in [0.05, 0.1) is 26.9 Å². The van der Waals surface area contributed by atoms with Crippen LogP contribution in [0.4, 0.5) is 0 Å². The zero-order chi connectivity index (χ0) is 24.7. The van der Waals surface area contributed by atoms with Crippen LogP contribution in [0.3, 0.4) is 0 Å². The number of aryl methyl sites for hydroxylation is 1. The minimum atomic E-state index is -0.863. The van der Waals surface area contributed by atoms with Crippen molar-refractivity contribution in [3.05, 3.63) is 70.3 Å². The van der Waals surface area contributed by atoms with Crippen LogP contribution in [0, 0.1) is 11.8 Å². The number of hydrogen-bond acceptors (Lipinski definition) is 4. The maximum Gasteiger partial charge on any atom is 0.331 e. The molecule has 2 aromatic carbocycles. The molecule has 0 aromatic heterocycles. The van der Waals surface area contributed by atoms with E-state index in [-0.39, 0.29) is 17.9 Å². The number of aliphatic carboxylic acids is 1. The van der Waals surface area contributed by atoms with Crippen molar-refractivity contribution in [3.8, 4) is 11.5 Å². The Kier molecular flexibility index (Phi) is 9.17. The number of methoxy groups -OCH3 is 2. The van der Waals surface area contributed by atoms with Gasteiger partial charge in [0.15, 0.2) is 11.5 Å². The van der Waals surface area contributed by atoms with Gasteiger partial charge in [0, 0.05) is 5.57 Å². The molecule has 1 aliphatic rings. The van der Waals surface area contributed by atoms with Gasteiger partial charge in [0.25, 0.3) is 0 Å². The summed E-state index contributed by atoms with van der Waals surface area (Å²) in [6, 6.07) is 14.8. The molecule has 0 radical (unpaired) electrons. The molecule has 1 saturated heterocycles. The zero-order valence-electron chi connectivity index (χ0n) is 21.1. The van der Waals surface area contributed by atoms with E-state index in [4.69, 9.17) is 14.2 Å². The van der Waals surface area contributed by atoms with Crippen LogP contribution in [0.25, 0.3) is 0 Å². The maximum absolute atomic E-state index is 11.6. The summed E-state index contributed by atoms with van der Waals surface area (Å²) in [5.41, 5.74) is 5.01. The Morgan fingerprint density at radius 2 is 1.71 bits per heavy atom. The fourth-order valence-corrected chi connectivity index (χ4v) is 4.79. The Hall–Kier alpha value is -2.79. The monoisotopic (exact) mass is 466 g/mol. The lowest BCUT2D eigenvalue weighted by atomic mass is 9.79. The number of rotatable bonds is 11. The van der Waals surface area contributed by atoms with E-state index < -0.39 is 5.97 Å². The summed E-state index contributed by atoms with van der Waals surface area (Å²) >= 11 is 0. The largest absolute Gasteiger partial charge is 0.493 e. The summed E-state index contributed by atoms with van der Waals surface area (Å²) in [5.74, 6) is 0.933. The Morgan fingerprint density at radius 1 is 1.03 bits per heavy atom. The summed E-state index contributed by atoms with van der Waals surface area (Å²) in [6.07, 6.45) is 4.97. The topological polar surface area (TPSA) is 65.0 Å². The number of carboxylic acids is 1. The molecule has 0 aliphatic carbocycles. The first-order valence-electron chi connectivity index (χ1n) is 12.2. The van der Waals surface area contributed by atoms with E-state index in [1.165, 1.54) is 24.0 Å². The summed E-state index contributed by atoms with van der Waals surface area (Å²) < 4.78 is 17.3. The van der Waals surface area contributed by atoms with Gasteiger partial charge >= 0.3 is 5.97 Å². The zero-order valence-corrected chi connectivity index (χ0v) is 21.1. The number of hydrogen-bond donors (Lipinski definition) is 1. The van der Waals surface area contributed by atoms with E-state index in [0.717, 1.165) is 24.0 Å². The first-order valence-corrected chi connectivity index (χ1v) is 12.2. The highest BCUT2D eigenvalue weighted by Crippen LogP contribution is 2.45. The van der Waals surface area contributed by atoms with Crippen molar-refractivity contribution < 1.29 is 24.1 Å². The van der Waals surface area contributed by atoms with Crippen LogP contribution >= 0.6 is 0 Å². The lowest BCUT2D eigenvalue weighted by molar-refractivity contribution is -0.132. The number of carboxylic acid groups (broad SMARTS) is 1. The van der Waals surface area contributed by atoms with Crippen LogP contribution in [0.5, 0.6) is 11.5 Å². The molecule has 5 heteroatoms. The van der Waals surface area contributed by atoms with Gasteiger partial charge in [-0.05, 0) is 80.2 Å². The Labute approximate surface area is 203 Å². The van der Waals surface area contributed by atoms with Gasteiger partial charge < -0.3 is 19.3 Å². The summed E-state index contributed by atoms with van der Waals surface area (Å²) in [7, 11) is 3.25. The molecule has 3 atom stereocenters. The molecule has 0 spiro atoms. The van der Waals surface area contributed by atoms with Crippen molar-refractivity contribution in [2.75, 3.05) is 20.8 Å². The number of unbranched alkanes of at least 4 members (excludes halogenated alkanes) is 1. The highest BCUT2D eigenvalue weighted by molar-refractivity contribution is 5.86. The molecule has 1 N–H and O–H groups in total. The van der Waals surface area contributed by atoms with Gasteiger partial charge in [-0.2, -0.15) is 0 Å². The average molecular weight is 467 g/mol.